The molecule has 1 aromatic heterocycles. The number of unbranched alkanes of at least 4 members (excludes halogenated alkanes) is 9. The Hall–Kier alpha value is -1.78. The lowest BCUT2D eigenvalue weighted by Crippen LogP contribution is -2.03. The van der Waals surface area contributed by atoms with E-state index >= 15 is 0 Å². The van der Waals surface area contributed by atoms with Gasteiger partial charge in [-0.05, 0) is 29.3 Å². The minimum absolute atomic E-state index is 0.221. The van der Waals surface area contributed by atoms with Crippen molar-refractivity contribution < 1.29 is 4.39 Å². The zero-order valence-electron chi connectivity index (χ0n) is 15.5. The second-order valence-corrected chi connectivity index (χ2v) is 6.79. The molecule has 2 aromatic rings. The van der Waals surface area contributed by atoms with Crippen molar-refractivity contribution in [2.45, 2.75) is 84.1 Å². The van der Waals surface area contributed by atoms with Crippen LogP contribution >= 0.6 is 0 Å². The van der Waals surface area contributed by atoms with E-state index in [0.717, 1.165) is 18.5 Å². The third-order valence-corrected chi connectivity index (χ3v) is 4.48. The van der Waals surface area contributed by atoms with Crippen molar-refractivity contribution in [1.82, 2.24) is 20.2 Å². The van der Waals surface area contributed by atoms with E-state index in [2.05, 4.69) is 22.3 Å². The Labute approximate surface area is 150 Å². The first-order valence-corrected chi connectivity index (χ1v) is 9.79. The Morgan fingerprint density at radius 2 is 1.44 bits per heavy atom. The maximum absolute atomic E-state index is 12.9. The quantitative estimate of drug-likeness (QED) is 0.461. The second kappa shape index (κ2) is 11.7. The van der Waals surface area contributed by atoms with Gasteiger partial charge in [-0.3, -0.25) is 0 Å². The van der Waals surface area contributed by atoms with E-state index in [1.807, 2.05) is 0 Å². The highest BCUT2D eigenvalue weighted by Gasteiger charge is 2.04. The zero-order valence-corrected chi connectivity index (χ0v) is 15.5. The molecule has 0 bridgehead atoms. The molecule has 0 aliphatic carbocycles. The average Bonchev–Trinajstić information content (AvgIpc) is 3.06. The molecule has 5 heteroatoms. The molecule has 0 atom stereocenters. The van der Waals surface area contributed by atoms with Gasteiger partial charge in [0.2, 0.25) is 0 Å². The van der Waals surface area contributed by atoms with Crippen LogP contribution < -0.4 is 0 Å². The highest BCUT2D eigenvalue weighted by atomic mass is 19.1. The normalized spacial score (nSPS) is 11.1. The summed E-state index contributed by atoms with van der Waals surface area (Å²) in [6.07, 6.45) is 13.8. The minimum atomic E-state index is -0.221. The van der Waals surface area contributed by atoms with E-state index in [9.17, 15) is 4.39 Å². The van der Waals surface area contributed by atoms with Gasteiger partial charge in [0.15, 0.2) is 5.82 Å². The van der Waals surface area contributed by atoms with Gasteiger partial charge in [0.1, 0.15) is 5.82 Å². The first kappa shape index (κ1) is 19.5. The van der Waals surface area contributed by atoms with Crippen molar-refractivity contribution in [3.63, 3.8) is 0 Å². The monoisotopic (exact) mass is 346 g/mol. The number of benzene rings is 1. The lowest BCUT2D eigenvalue weighted by Gasteiger charge is -2.02. The molecule has 0 radical (unpaired) electrons. The van der Waals surface area contributed by atoms with Crippen LogP contribution in [0.4, 0.5) is 4.39 Å². The summed E-state index contributed by atoms with van der Waals surface area (Å²) in [5, 5.41) is 12.6. The minimum Gasteiger partial charge on any atom is -0.207 e. The number of aromatic nitrogens is 4. The van der Waals surface area contributed by atoms with Crippen molar-refractivity contribution in [2.75, 3.05) is 0 Å². The molecule has 0 saturated heterocycles. The van der Waals surface area contributed by atoms with Crippen molar-refractivity contribution in [3.8, 4) is 0 Å². The Balaban J connectivity index is 1.53. The van der Waals surface area contributed by atoms with Crippen LogP contribution in [-0.4, -0.2) is 20.2 Å². The van der Waals surface area contributed by atoms with Gasteiger partial charge in [0.25, 0.3) is 0 Å². The number of halogens is 1. The summed E-state index contributed by atoms with van der Waals surface area (Å²) in [7, 11) is 0. The summed E-state index contributed by atoms with van der Waals surface area (Å²) in [6, 6.07) is 6.45. The van der Waals surface area contributed by atoms with E-state index in [-0.39, 0.29) is 5.82 Å². The molecule has 0 aliphatic rings. The van der Waals surface area contributed by atoms with Gasteiger partial charge in [-0.25, -0.2) is 4.39 Å². The van der Waals surface area contributed by atoms with Gasteiger partial charge in [-0.1, -0.05) is 76.8 Å². The average molecular weight is 346 g/mol. The molecular weight excluding hydrogens is 315 g/mol. The Kier molecular flexibility index (Phi) is 9.16. The topological polar surface area (TPSA) is 43.6 Å². The fourth-order valence-corrected chi connectivity index (χ4v) is 2.97. The maximum atomic E-state index is 12.9. The van der Waals surface area contributed by atoms with Gasteiger partial charge < -0.3 is 0 Å². The van der Waals surface area contributed by atoms with Crippen LogP contribution in [0.25, 0.3) is 0 Å². The van der Waals surface area contributed by atoms with Crippen LogP contribution in [-0.2, 0) is 13.0 Å². The van der Waals surface area contributed by atoms with Crippen molar-refractivity contribution in [1.29, 1.82) is 0 Å². The molecule has 0 saturated carbocycles. The molecule has 0 amide bonds. The van der Waals surface area contributed by atoms with Gasteiger partial charge >= 0.3 is 0 Å². The number of hydrogen-bond acceptors (Lipinski definition) is 3. The summed E-state index contributed by atoms with van der Waals surface area (Å²) >= 11 is 0. The largest absolute Gasteiger partial charge is 0.207 e. The van der Waals surface area contributed by atoms with Crippen molar-refractivity contribution in [3.05, 3.63) is 41.5 Å². The second-order valence-electron chi connectivity index (χ2n) is 6.79. The molecule has 1 heterocycles. The summed E-state index contributed by atoms with van der Waals surface area (Å²) < 4.78 is 12.9. The predicted octanol–water partition coefficient (Wildman–Crippen LogP) is 5.32. The first-order valence-electron chi connectivity index (χ1n) is 9.79. The molecule has 0 fully saturated rings. The molecule has 1 aromatic carbocycles. The molecule has 0 unspecified atom stereocenters. The molecule has 2 rings (SSSR count). The smallest absolute Gasteiger partial charge is 0.179 e. The predicted molar refractivity (Wildman–Crippen MR) is 98.9 cm³/mol. The summed E-state index contributed by atoms with van der Waals surface area (Å²) in [4.78, 5) is 1.68. The van der Waals surface area contributed by atoms with E-state index in [1.165, 1.54) is 69.9 Å². The fourth-order valence-electron chi connectivity index (χ4n) is 2.97. The molecule has 0 spiro atoms. The Bertz CT molecular complexity index is 580. The number of nitrogens with zero attached hydrogens (tertiary/aromatic N) is 4. The van der Waals surface area contributed by atoms with E-state index in [1.54, 1.807) is 16.9 Å². The summed E-state index contributed by atoms with van der Waals surface area (Å²) in [5.41, 5.74) is 1.000. The third-order valence-electron chi connectivity index (χ3n) is 4.48. The molecule has 0 N–H and O–H groups in total. The molecular formula is C20H31FN4. The number of rotatable bonds is 13. The standard InChI is InChI=1S/C20H31FN4/c1-2-3-4-5-6-7-8-9-10-11-16-25-23-20(22-24-25)17-18-12-14-19(21)15-13-18/h12-15H,2-11,16-17H2,1H3. The third kappa shape index (κ3) is 8.23. The Morgan fingerprint density at radius 3 is 2.08 bits per heavy atom. The fraction of sp³-hybridized carbons (Fsp3) is 0.650. The van der Waals surface area contributed by atoms with Gasteiger partial charge in [0.05, 0.1) is 6.54 Å². The highest BCUT2D eigenvalue weighted by Crippen LogP contribution is 2.11. The van der Waals surface area contributed by atoms with Crippen LogP contribution in [0.3, 0.4) is 0 Å². The lowest BCUT2D eigenvalue weighted by molar-refractivity contribution is 0.470. The summed E-state index contributed by atoms with van der Waals surface area (Å²) in [6.45, 7) is 3.09. The Morgan fingerprint density at radius 1 is 0.840 bits per heavy atom. The van der Waals surface area contributed by atoms with Gasteiger partial charge in [-0.15, -0.1) is 10.2 Å². The van der Waals surface area contributed by atoms with Gasteiger partial charge in [-0.2, -0.15) is 4.80 Å². The van der Waals surface area contributed by atoms with Crippen molar-refractivity contribution in [2.24, 2.45) is 0 Å². The molecule has 138 valence electrons. The highest BCUT2D eigenvalue weighted by molar-refractivity contribution is 5.19. The molecule has 4 nitrogen and oxygen atoms in total. The van der Waals surface area contributed by atoms with Crippen LogP contribution in [0, 0.1) is 5.82 Å². The van der Waals surface area contributed by atoms with Crippen LogP contribution in [0.5, 0.6) is 0 Å². The molecule has 0 aliphatic heterocycles. The van der Waals surface area contributed by atoms with E-state index < -0.39 is 0 Å². The summed E-state index contributed by atoms with van der Waals surface area (Å²) in [5.74, 6) is 0.472. The first-order chi connectivity index (χ1) is 12.3. The van der Waals surface area contributed by atoms with Crippen LogP contribution in [0.1, 0.15) is 82.5 Å². The molecule has 25 heavy (non-hydrogen) atoms. The van der Waals surface area contributed by atoms with Crippen LogP contribution in [0.2, 0.25) is 0 Å². The number of aryl methyl sites for hydroxylation is 1. The van der Waals surface area contributed by atoms with E-state index in [4.69, 9.17) is 0 Å². The van der Waals surface area contributed by atoms with E-state index in [0.29, 0.717) is 12.2 Å². The number of tetrazole rings is 1. The number of hydrogen-bond donors (Lipinski definition) is 0. The lowest BCUT2D eigenvalue weighted by atomic mass is 10.1. The van der Waals surface area contributed by atoms with Crippen molar-refractivity contribution >= 4 is 0 Å². The van der Waals surface area contributed by atoms with Gasteiger partial charge in [0, 0.05) is 6.42 Å². The zero-order chi connectivity index (χ0) is 17.7. The van der Waals surface area contributed by atoms with Crippen LogP contribution in [0.15, 0.2) is 24.3 Å². The maximum Gasteiger partial charge on any atom is 0.179 e. The SMILES string of the molecule is CCCCCCCCCCCCn1nnc(Cc2ccc(F)cc2)n1.